The van der Waals surface area contributed by atoms with E-state index in [0.29, 0.717) is 18.0 Å². The van der Waals surface area contributed by atoms with Crippen LogP contribution < -0.4 is 9.47 Å². The summed E-state index contributed by atoms with van der Waals surface area (Å²) in [7, 11) is 3.83. The predicted molar refractivity (Wildman–Crippen MR) is 95.0 cm³/mol. The SMILES string of the molecule is Cc1ccccc1Oc1ccccc1OCC(O)CN(C)C.Cl. The zero-order chi connectivity index (χ0) is 15.9. The van der Waals surface area contributed by atoms with Gasteiger partial charge in [0, 0.05) is 6.54 Å². The van der Waals surface area contributed by atoms with Crippen LogP contribution in [0, 0.1) is 6.92 Å². The molecule has 0 saturated carbocycles. The van der Waals surface area contributed by atoms with E-state index in [1.807, 2.05) is 74.4 Å². The Hall–Kier alpha value is -1.75. The van der Waals surface area contributed by atoms with Gasteiger partial charge in [0.05, 0.1) is 0 Å². The van der Waals surface area contributed by atoms with Gasteiger partial charge in [-0.25, -0.2) is 0 Å². The van der Waals surface area contributed by atoms with Crippen LogP contribution >= 0.6 is 12.4 Å². The Bertz CT molecular complexity index is 604. The molecular weight excluding hydrogens is 314 g/mol. The minimum Gasteiger partial charge on any atom is -0.487 e. The zero-order valence-corrected chi connectivity index (χ0v) is 14.5. The van der Waals surface area contributed by atoms with Gasteiger partial charge in [-0.05, 0) is 44.8 Å². The van der Waals surface area contributed by atoms with E-state index < -0.39 is 6.10 Å². The summed E-state index contributed by atoms with van der Waals surface area (Å²) in [5, 5.41) is 9.90. The van der Waals surface area contributed by atoms with Gasteiger partial charge in [0.2, 0.25) is 0 Å². The molecular formula is C18H24ClNO3. The van der Waals surface area contributed by atoms with E-state index in [4.69, 9.17) is 9.47 Å². The topological polar surface area (TPSA) is 41.9 Å². The minimum atomic E-state index is -0.540. The molecule has 126 valence electrons. The highest BCUT2D eigenvalue weighted by Crippen LogP contribution is 2.32. The molecule has 5 heteroatoms. The highest BCUT2D eigenvalue weighted by molar-refractivity contribution is 5.85. The van der Waals surface area contributed by atoms with Gasteiger partial charge in [0.25, 0.3) is 0 Å². The molecule has 1 N–H and O–H groups in total. The van der Waals surface area contributed by atoms with Crippen LogP contribution in [0.1, 0.15) is 5.56 Å². The van der Waals surface area contributed by atoms with E-state index in [-0.39, 0.29) is 19.0 Å². The number of hydrogen-bond donors (Lipinski definition) is 1. The molecule has 0 bridgehead atoms. The Morgan fingerprint density at radius 1 is 0.957 bits per heavy atom. The van der Waals surface area contributed by atoms with Crippen LogP contribution in [0.15, 0.2) is 48.5 Å². The van der Waals surface area contributed by atoms with Crippen LogP contribution in [0.5, 0.6) is 17.2 Å². The Balaban J connectivity index is 0.00000264. The van der Waals surface area contributed by atoms with Gasteiger partial charge in [0.15, 0.2) is 11.5 Å². The Morgan fingerprint density at radius 3 is 2.13 bits per heavy atom. The van der Waals surface area contributed by atoms with E-state index in [9.17, 15) is 5.11 Å². The van der Waals surface area contributed by atoms with Crippen molar-refractivity contribution in [3.63, 3.8) is 0 Å². The summed E-state index contributed by atoms with van der Waals surface area (Å²) in [6.45, 7) is 2.78. The van der Waals surface area contributed by atoms with Crippen molar-refractivity contribution in [1.29, 1.82) is 0 Å². The summed E-state index contributed by atoms with van der Waals surface area (Å²) >= 11 is 0. The summed E-state index contributed by atoms with van der Waals surface area (Å²) < 4.78 is 11.6. The lowest BCUT2D eigenvalue weighted by atomic mass is 10.2. The third kappa shape index (κ3) is 6.10. The van der Waals surface area contributed by atoms with Crippen molar-refractivity contribution in [2.75, 3.05) is 27.2 Å². The van der Waals surface area contributed by atoms with Gasteiger partial charge in [0.1, 0.15) is 18.5 Å². The van der Waals surface area contributed by atoms with Crippen LogP contribution in [0.4, 0.5) is 0 Å². The molecule has 0 fully saturated rings. The number of likely N-dealkylation sites (N-methyl/N-ethyl adjacent to an activating group) is 1. The van der Waals surface area contributed by atoms with Crippen LogP contribution in [0.3, 0.4) is 0 Å². The van der Waals surface area contributed by atoms with E-state index in [1.165, 1.54) is 0 Å². The normalized spacial score (nSPS) is 11.7. The first kappa shape index (κ1) is 19.3. The third-order valence-electron chi connectivity index (χ3n) is 3.17. The highest BCUT2D eigenvalue weighted by atomic mass is 35.5. The van der Waals surface area contributed by atoms with Crippen molar-refractivity contribution in [3.05, 3.63) is 54.1 Å². The number of ether oxygens (including phenoxy) is 2. The van der Waals surface area contributed by atoms with Crippen molar-refractivity contribution in [2.24, 2.45) is 0 Å². The Kier molecular flexibility index (Phi) is 7.89. The molecule has 4 nitrogen and oxygen atoms in total. The smallest absolute Gasteiger partial charge is 0.169 e. The standard InChI is InChI=1S/C18H23NO3.ClH/c1-14-8-4-5-9-16(14)22-18-11-7-6-10-17(18)21-13-15(20)12-19(2)3;/h4-11,15,20H,12-13H2,1-3H3;1H. The fourth-order valence-corrected chi connectivity index (χ4v) is 2.10. The Morgan fingerprint density at radius 2 is 1.52 bits per heavy atom. The fraction of sp³-hybridized carbons (Fsp3) is 0.333. The third-order valence-corrected chi connectivity index (χ3v) is 3.17. The molecule has 1 atom stereocenters. The average Bonchev–Trinajstić information content (AvgIpc) is 2.48. The lowest BCUT2D eigenvalue weighted by Gasteiger charge is -2.18. The molecule has 0 aromatic heterocycles. The molecule has 2 aromatic carbocycles. The summed E-state index contributed by atoms with van der Waals surface area (Å²) in [5.74, 6) is 2.07. The molecule has 0 aliphatic rings. The van der Waals surface area contributed by atoms with Crippen molar-refractivity contribution in [3.8, 4) is 17.2 Å². The summed E-state index contributed by atoms with van der Waals surface area (Å²) in [6.07, 6.45) is -0.540. The zero-order valence-electron chi connectivity index (χ0n) is 13.7. The van der Waals surface area contributed by atoms with Crippen LogP contribution in [0.2, 0.25) is 0 Å². The number of aliphatic hydroxyl groups excluding tert-OH is 1. The van der Waals surface area contributed by atoms with Gasteiger partial charge in [-0.3, -0.25) is 0 Å². The van der Waals surface area contributed by atoms with Gasteiger partial charge < -0.3 is 19.5 Å². The number of halogens is 1. The maximum Gasteiger partial charge on any atom is 0.169 e. The number of para-hydroxylation sites is 3. The quantitative estimate of drug-likeness (QED) is 0.839. The van der Waals surface area contributed by atoms with E-state index in [1.54, 1.807) is 0 Å². The van der Waals surface area contributed by atoms with Crippen LogP contribution in [-0.4, -0.2) is 43.4 Å². The largest absolute Gasteiger partial charge is 0.487 e. The molecule has 0 saturated heterocycles. The Labute approximate surface area is 144 Å². The monoisotopic (exact) mass is 337 g/mol. The lowest BCUT2D eigenvalue weighted by molar-refractivity contribution is 0.0821. The van der Waals surface area contributed by atoms with Gasteiger partial charge in [-0.15, -0.1) is 12.4 Å². The molecule has 1 unspecified atom stereocenters. The molecule has 0 spiro atoms. The second-order valence-corrected chi connectivity index (χ2v) is 5.54. The molecule has 0 aliphatic carbocycles. The lowest BCUT2D eigenvalue weighted by Crippen LogP contribution is -2.30. The van der Waals surface area contributed by atoms with Crippen molar-refractivity contribution in [1.82, 2.24) is 4.90 Å². The number of rotatable bonds is 7. The molecule has 0 radical (unpaired) electrons. The van der Waals surface area contributed by atoms with Gasteiger partial charge in [-0.1, -0.05) is 30.3 Å². The number of aliphatic hydroxyl groups is 1. The van der Waals surface area contributed by atoms with Crippen LogP contribution in [-0.2, 0) is 0 Å². The van der Waals surface area contributed by atoms with E-state index in [0.717, 1.165) is 11.3 Å². The molecule has 0 aliphatic heterocycles. The predicted octanol–water partition coefficient (Wildman–Crippen LogP) is 3.51. The maximum absolute atomic E-state index is 9.90. The number of aryl methyl sites for hydroxylation is 1. The average molecular weight is 338 g/mol. The van der Waals surface area contributed by atoms with E-state index >= 15 is 0 Å². The summed E-state index contributed by atoms with van der Waals surface area (Å²) in [6, 6.07) is 15.3. The first-order chi connectivity index (χ1) is 10.6. The first-order valence-corrected chi connectivity index (χ1v) is 7.34. The fourth-order valence-electron chi connectivity index (χ4n) is 2.10. The number of nitrogens with zero attached hydrogens (tertiary/aromatic N) is 1. The number of benzene rings is 2. The van der Waals surface area contributed by atoms with Crippen molar-refractivity contribution in [2.45, 2.75) is 13.0 Å². The molecule has 2 rings (SSSR count). The van der Waals surface area contributed by atoms with Crippen molar-refractivity contribution < 1.29 is 14.6 Å². The first-order valence-electron chi connectivity index (χ1n) is 7.34. The minimum absolute atomic E-state index is 0. The van der Waals surface area contributed by atoms with Crippen molar-refractivity contribution >= 4 is 12.4 Å². The van der Waals surface area contributed by atoms with Gasteiger partial charge in [-0.2, -0.15) is 0 Å². The second-order valence-electron chi connectivity index (χ2n) is 5.54. The molecule has 2 aromatic rings. The summed E-state index contributed by atoms with van der Waals surface area (Å²) in [4.78, 5) is 1.92. The molecule has 0 heterocycles. The van der Waals surface area contributed by atoms with Gasteiger partial charge >= 0.3 is 0 Å². The van der Waals surface area contributed by atoms with E-state index in [2.05, 4.69) is 0 Å². The number of hydrogen-bond acceptors (Lipinski definition) is 4. The van der Waals surface area contributed by atoms with Crippen LogP contribution in [0.25, 0.3) is 0 Å². The summed E-state index contributed by atoms with van der Waals surface area (Å²) in [5.41, 5.74) is 1.06. The molecule has 23 heavy (non-hydrogen) atoms. The second kappa shape index (κ2) is 9.40. The molecule has 0 amide bonds. The highest BCUT2D eigenvalue weighted by Gasteiger charge is 2.10. The maximum atomic E-state index is 9.90.